The third-order valence-electron chi connectivity index (χ3n) is 2.85. The summed E-state index contributed by atoms with van der Waals surface area (Å²) in [6.07, 6.45) is 0. The first kappa shape index (κ1) is 13.6. The fourth-order valence-corrected chi connectivity index (χ4v) is 1.86. The van der Waals surface area contributed by atoms with E-state index in [0.29, 0.717) is 19.8 Å². The molecule has 0 bridgehead atoms. The van der Waals surface area contributed by atoms with E-state index in [1.807, 2.05) is 42.1 Å². The summed E-state index contributed by atoms with van der Waals surface area (Å²) in [5.41, 5.74) is 8.62. The second kappa shape index (κ2) is 6.36. The molecule has 0 saturated heterocycles. The van der Waals surface area contributed by atoms with Gasteiger partial charge >= 0.3 is 0 Å². The van der Waals surface area contributed by atoms with Crippen molar-refractivity contribution in [1.29, 1.82) is 0 Å². The Labute approximate surface area is 112 Å². The largest absolute Gasteiger partial charge is 0.491 e. The molecule has 5 heteroatoms. The van der Waals surface area contributed by atoms with E-state index in [4.69, 9.17) is 15.2 Å². The molecule has 0 amide bonds. The molecule has 0 atom stereocenters. The van der Waals surface area contributed by atoms with Gasteiger partial charge in [0.1, 0.15) is 12.4 Å². The quantitative estimate of drug-likeness (QED) is 0.802. The van der Waals surface area contributed by atoms with Gasteiger partial charge in [-0.3, -0.25) is 4.68 Å². The van der Waals surface area contributed by atoms with Crippen molar-refractivity contribution in [3.63, 3.8) is 0 Å². The van der Waals surface area contributed by atoms with E-state index >= 15 is 0 Å². The van der Waals surface area contributed by atoms with Gasteiger partial charge in [0.15, 0.2) is 0 Å². The Hall–Kier alpha value is -1.85. The Morgan fingerprint density at radius 3 is 2.53 bits per heavy atom. The van der Waals surface area contributed by atoms with Crippen LogP contribution in [-0.4, -0.2) is 30.1 Å². The number of ether oxygens (including phenoxy) is 2. The highest BCUT2D eigenvalue weighted by molar-refractivity contribution is 5.61. The second-order valence-electron chi connectivity index (χ2n) is 4.21. The maximum Gasteiger partial charge on any atom is 0.119 e. The summed E-state index contributed by atoms with van der Waals surface area (Å²) in [4.78, 5) is 0. The first-order valence-corrected chi connectivity index (χ1v) is 6.19. The van der Waals surface area contributed by atoms with Crippen LogP contribution in [0.2, 0.25) is 0 Å². The molecule has 0 radical (unpaired) electrons. The summed E-state index contributed by atoms with van der Waals surface area (Å²) >= 11 is 0. The van der Waals surface area contributed by atoms with Gasteiger partial charge in [0, 0.05) is 26.3 Å². The van der Waals surface area contributed by atoms with Crippen LogP contribution in [0, 0.1) is 0 Å². The first-order valence-electron chi connectivity index (χ1n) is 6.19. The van der Waals surface area contributed by atoms with E-state index in [0.717, 1.165) is 22.7 Å². The van der Waals surface area contributed by atoms with Crippen molar-refractivity contribution in [1.82, 2.24) is 9.78 Å². The van der Waals surface area contributed by atoms with Crippen molar-refractivity contribution in [3.8, 4) is 17.0 Å². The average molecular weight is 261 g/mol. The smallest absolute Gasteiger partial charge is 0.119 e. The lowest BCUT2D eigenvalue weighted by Gasteiger charge is -2.06. The molecule has 0 fully saturated rings. The van der Waals surface area contributed by atoms with Gasteiger partial charge in [-0.2, -0.15) is 5.10 Å². The van der Waals surface area contributed by atoms with Gasteiger partial charge in [0.2, 0.25) is 0 Å². The number of rotatable bonds is 6. The standard InChI is InChI=1S/C14H19N3O2/c1-17-14(9-12(10-15)16-17)11-3-5-13(6-4-11)19-8-7-18-2/h3-6,9H,7-8,10,15H2,1-2H3. The average Bonchev–Trinajstić information content (AvgIpc) is 2.81. The molecular formula is C14H19N3O2. The van der Waals surface area contributed by atoms with E-state index in [1.54, 1.807) is 7.11 Å². The maximum atomic E-state index is 5.59. The van der Waals surface area contributed by atoms with Gasteiger partial charge in [-0.25, -0.2) is 0 Å². The molecule has 1 aromatic carbocycles. The molecule has 2 aromatic rings. The van der Waals surface area contributed by atoms with E-state index in [2.05, 4.69) is 5.10 Å². The molecule has 19 heavy (non-hydrogen) atoms. The molecule has 0 unspecified atom stereocenters. The summed E-state index contributed by atoms with van der Waals surface area (Å²) in [6, 6.07) is 9.92. The normalized spacial score (nSPS) is 10.7. The van der Waals surface area contributed by atoms with Crippen molar-refractivity contribution in [2.45, 2.75) is 6.54 Å². The summed E-state index contributed by atoms with van der Waals surface area (Å²) < 4.78 is 12.3. The van der Waals surface area contributed by atoms with Crippen LogP contribution in [-0.2, 0) is 18.3 Å². The lowest BCUT2D eigenvalue weighted by Crippen LogP contribution is -2.04. The minimum Gasteiger partial charge on any atom is -0.491 e. The lowest BCUT2D eigenvalue weighted by atomic mass is 10.1. The monoisotopic (exact) mass is 261 g/mol. The number of aryl methyl sites for hydroxylation is 1. The zero-order chi connectivity index (χ0) is 13.7. The van der Waals surface area contributed by atoms with Crippen molar-refractivity contribution in [2.75, 3.05) is 20.3 Å². The van der Waals surface area contributed by atoms with Crippen LogP contribution in [0.15, 0.2) is 30.3 Å². The molecule has 2 rings (SSSR count). The summed E-state index contributed by atoms with van der Waals surface area (Å²) in [5.74, 6) is 0.835. The molecule has 0 aliphatic rings. The summed E-state index contributed by atoms with van der Waals surface area (Å²) in [7, 11) is 3.57. The van der Waals surface area contributed by atoms with E-state index in [-0.39, 0.29) is 0 Å². The molecule has 0 spiro atoms. The molecule has 0 aliphatic heterocycles. The maximum absolute atomic E-state index is 5.59. The highest BCUT2D eigenvalue weighted by Crippen LogP contribution is 2.22. The van der Waals surface area contributed by atoms with Crippen molar-refractivity contribution >= 4 is 0 Å². The molecule has 1 aromatic heterocycles. The number of methoxy groups -OCH3 is 1. The topological polar surface area (TPSA) is 62.3 Å². The summed E-state index contributed by atoms with van der Waals surface area (Å²) in [6.45, 7) is 1.59. The van der Waals surface area contributed by atoms with Crippen LogP contribution < -0.4 is 10.5 Å². The number of hydrogen-bond donors (Lipinski definition) is 1. The number of benzene rings is 1. The first-order chi connectivity index (χ1) is 9.24. The minimum absolute atomic E-state index is 0.450. The molecule has 1 heterocycles. The van der Waals surface area contributed by atoms with E-state index in [1.165, 1.54) is 0 Å². The SMILES string of the molecule is COCCOc1ccc(-c2cc(CN)nn2C)cc1. The van der Waals surface area contributed by atoms with E-state index in [9.17, 15) is 0 Å². The fraction of sp³-hybridized carbons (Fsp3) is 0.357. The van der Waals surface area contributed by atoms with Gasteiger partial charge in [-0.05, 0) is 30.3 Å². The molecular weight excluding hydrogens is 242 g/mol. The highest BCUT2D eigenvalue weighted by Gasteiger charge is 2.06. The molecule has 0 aliphatic carbocycles. The Morgan fingerprint density at radius 1 is 1.21 bits per heavy atom. The fourth-order valence-electron chi connectivity index (χ4n) is 1.86. The third-order valence-corrected chi connectivity index (χ3v) is 2.85. The van der Waals surface area contributed by atoms with Gasteiger partial charge in [-0.15, -0.1) is 0 Å². The number of nitrogens with two attached hydrogens (primary N) is 1. The number of aromatic nitrogens is 2. The molecule has 2 N–H and O–H groups in total. The summed E-state index contributed by atoms with van der Waals surface area (Å²) in [5, 5.41) is 4.33. The lowest BCUT2D eigenvalue weighted by molar-refractivity contribution is 0.146. The Balaban J connectivity index is 2.10. The van der Waals surface area contributed by atoms with Crippen LogP contribution in [0.1, 0.15) is 5.69 Å². The van der Waals surface area contributed by atoms with Crippen LogP contribution in [0.4, 0.5) is 0 Å². The Bertz CT molecular complexity index is 520. The predicted octanol–water partition coefficient (Wildman–Crippen LogP) is 1.57. The number of hydrogen-bond acceptors (Lipinski definition) is 4. The Morgan fingerprint density at radius 2 is 1.95 bits per heavy atom. The van der Waals surface area contributed by atoms with Gasteiger partial charge in [0.25, 0.3) is 0 Å². The zero-order valence-electron chi connectivity index (χ0n) is 11.3. The van der Waals surface area contributed by atoms with Crippen LogP contribution in [0.25, 0.3) is 11.3 Å². The van der Waals surface area contributed by atoms with E-state index < -0.39 is 0 Å². The highest BCUT2D eigenvalue weighted by atomic mass is 16.5. The van der Waals surface area contributed by atoms with Gasteiger partial charge < -0.3 is 15.2 Å². The van der Waals surface area contributed by atoms with Crippen LogP contribution in [0.3, 0.4) is 0 Å². The molecule has 5 nitrogen and oxygen atoms in total. The zero-order valence-corrected chi connectivity index (χ0v) is 11.3. The van der Waals surface area contributed by atoms with Crippen molar-refractivity contribution in [3.05, 3.63) is 36.0 Å². The molecule has 102 valence electrons. The van der Waals surface area contributed by atoms with Gasteiger partial charge in [-0.1, -0.05) is 0 Å². The Kier molecular flexibility index (Phi) is 4.54. The van der Waals surface area contributed by atoms with Crippen LogP contribution >= 0.6 is 0 Å². The van der Waals surface area contributed by atoms with Gasteiger partial charge in [0.05, 0.1) is 18.0 Å². The minimum atomic E-state index is 0.450. The molecule has 0 saturated carbocycles. The number of nitrogens with zero attached hydrogens (tertiary/aromatic N) is 2. The third kappa shape index (κ3) is 3.33. The predicted molar refractivity (Wildman–Crippen MR) is 73.9 cm³/mol. The van der Waals surface area contributed by atoms with Crippen molar-refractivity contribution < 1.29 is 9.47 Å². The second-order valence-corrected chi connectivity index (χ2v) is 4.21. The van der Waals surface area contributed by atoms with Crippen LogP contribution in [0.5, 0.6) is 5.75 Å². The van der Waals surface area contributed by atoms with Crippen molar-refractivity contribution in [2.24, 2.45) is 12.8 Å².